The molecule has 0 fully saturated rings. The smallest absolute Gasteiger partial charge is 0.212 e. The van der Waals surface area contributed by atoms with E-state index in [0.717, 1.165) is 22.5 Å². The number of aromatic nitrogens is 3. The van der Waals surface area contributed by atoms with Crippen LogP contribution in [0.1, 0.15) is 5.56 Å². The lowest BCUT2D eigenvalue weighted by atomic mass is 10.1. The zero-order valence-electron chi connectivity index (χ0n) is 10.7. The maximum absolute atomic E-state index is 12.7. The molecule has 100 valence electrons. The normalized spacial score (nSPS) is 10.4. The van der Waals surface area contributed by atoms with Gasteiger partial charge in [-0.15, -0.1) is 0 Å². The molecule has 3 aromatic rings. The number of aromatic amines is 1. The molecule has 0 aliphatic heterocycles. The van der Waals surface area contributed by atoms with Crippen molar-refractivity contribution < 1.29 is 4.39 Å². The second kappa shape index (κ2) is 5.52. The zero-order chi connectivity index (χ0) is 13.8. The Balaban J connectivity index is 1.76. The number of pyridine rings is 1. The van der Waals surface area contributed by atoms with Crippen molar-refractivity contribution in [3.63, 3.8) is 0 Å². The lowest BCUT2D eigenvalue weighted by molar-refractivity contribution is 0.584. The molecule has 1 aromatic carbocycles. The Bertz CT molecular complexity index is 677. The lowest BCUT2D eigenvalue weighted by Gasteiger charge is -2.06. The molecule has 5 heteroatoms. The predicted octanol–water partition coefficient (Wildman–Crippen LogP) is 3.22. The van der Waals surface area contributed by atoms with Gasteiger partial charge in [-0.25, -0.2) is 4.98 Å². The summed E-state index contributed by atoms with van der Waals surface area (Å²) in [4.78, 5) is 3.61. The number of benzene rings is 1. The Morgan fingerprint density at radius 2 is 1.90 bits per heavy atom. The second-order valence-electron chi connectivity index (χ2n) is 4.36. The lowest BCUT2D eigenvalue weighted by Crippen LogP contribution is -2.00. The molecule has 20 heavy (non-hydrogen) atoms. The van der Waals surface area contributed by atoms with E-state index in [1.54, 1.807) is 12.3 Å². The Labute approximate surface area is 115 Å². The van der Waals surface area contributed by atoms with Crippen molar-refractivity contribution in [2.45, 2.75) is 6.54 Å². The maximum Gasteiger partial charge on any atom is 0.212 e. The molecular weight excluding hydrogens is 255 g/mol. The fourth-order valence-electron chi connectivity index (χ4n) is 1.98. The average molecular weight is 268 g/mol. The highest BCUT2D eigenvalue weighted by molar-refractivity contribution is 5.62. The first-order chi connectivity index (χ1) is 9.83. The molecule has 0 saturated carbocycles. The SMILES string of the molecule is Fc1ccc(NCc2cn[nH]c2-c2ccccc2)cn1. The van der Waals surface area contributed by atoms with E-state index >= 15 is 0 Å². The van der Waals surface area contributed by atoms with Crippen LogP contribution in [0.2, 0.25) is 0 Å². The molecule has 0 spiro atoms. The highest BCUT2D eigenvalue weighted by Gasteiger charge is 2.07. The van der Waals surface area contributed by atoms with Gasteiger partial charge in [0, 0.05) is 12.1 Å². The summed E-state index contributed by atoms with van der Waals surface area (Å²) in [7, 11) is 0. The van der Waals surface area contributed by atoms with Crippen LogP contribution in [0.3, 0.4) is 0 Å². The van der Waals surface area contributed by atoms with Crippen LogP contribution in [0.25, 0.3) is 11.3 Å². The molecule has 0 amide bonds. The number of hydrogen-bond donors (Lipinski definition) is 2. The second-order valence-corrected chi connectivity index (χ2v) is 4.36. The monoisotopic (exact) mass is 268 g/mol. The zero-order valence-corrected chi connectivity index (χ0v) is 10.7. The summed E-state index contributed by atoms with van der Waals surface area (Å²) in [5.41, 5.74) is 3.87. The summed E-state index contributed by atoms with van der Waals surface area (Å²) in [5.74, 6) is -0.483. The number of hydrogen-bond acceptors (Lipinski definition) is 3. The van der Waals surface area contributed by atoms with Crippen LogP contribution in [0.4, 0.5) is 10.1 Å². The van der Waals surface area contributed by atoms with E-state index in [1.807, 2.05) is 30.3 Å². The Morgan fingerprint density at radius 3 is 2.65 bits per heavy atom. The number of nitrogens with one attached hydrogen (secondary N) is 2. The van der Waals surface area contributed by atoms with E-state index in [0.29, 0.717) is 6.54 Å². The van der Waals surface area contributed by atoms with E-state index in [-0.39, 0.29) is 0 Å². The molecule has 0 aliphatic rings. The molecule has 0 bridgehead atoms. The van der Waals surface area contributed by atoms with E-state index in [4.69, 9.17) is 0 Å². The van der Waals surface area contributed by atoms with Crippen LogP contribution < -0.4 is 5.32 Å². The number of halogens is 1. The Kier molecular flexibility index (Phi) is 3.41. The standard InChI is InChI=1S/C15H13FN4/c16-14-7-6-13(10-18-14)17-8-12-9-19-20-15(12)11-4-2-1-3-5-11/h1-7,9-10,17H,8H2,(H,19,20). The van der Waals surface area contributed by atoms with Crippen molar-refractivity contribution in [2.24, 2.45) is 0 Å². The molecule has 2 aromatic heterocycles. The van der Waals surface area contributed by atoms with Crippen molar-refractivity contribution in [1.29, 1.82) is 0 Å². The van der Waals surface area contributed by atoms with E-state index in [1.165, 1.54) is 12.3 Å². The van der Waals surface area contributed by atoms with Crippen molar-refractivity contribution >= 4 is 5.69 Å². The van der Waals surface area contributed by atoms with Crippen LogP contribution in [0, 0.1) is 5.95 Å². The minimum absolute atomic E-state index is 0.483. The fraction of sp³-hybridized carbons (Fsp3) is 0.0667. The molecule has 0 aliphatic carbocycles. The molecule has 4 nitrogen and oxygen atoms in total. The molecule has 0 atom stereocenters. The van der Waals surface area contributed by atoms with Gasteiger partial charge < -0.3 is 5.32 Å². The van der Waals surface area contributed by atoms with Gasteiger partial charge in [0.2, 0.25) is 5.95 Å². The number of anilines is 1. The topological polar surface area (TPSA) is 53.6 Å². The Morgan fingerprint density at radius 1 is 1.05 bits per heavy atom. The number of H-pyrrole nitrogens is 1. The Hall–Kier alpha value is -2.69. The molecule has 0 radical (unpaired) electrons. The molecule has 2 heterocycles. The summed E-state index contributed by atoms with van der Waals surface area (Å²) in [6.07, 6.45) is 3.25. The van der Waals surface area contributed by atoms with Crippen molar-refractivity contribution in [2.75, 3.05) is 5.32 Å². The first-order valence-electron chi connectivity index (χ1n) is 6.26. The first-order valence-corrected chi connectivity index (χ1v) is 6.26. The van der Waals surface area contributed by atoms with E-state index < -0.39 is 5.95 Å². The van der Waals surface area contributed by atoms with Gasteiger partial charge in [-0.3, -0.25) is 5.10 Å². The van der Waals surface area contributed by atoms with Gasteiger partial charge in [0.05, 0.1) is 23.8 Å². The number of rotatable bonds is 4. The minimum Gasteiger partial charge on any atom is -0.380 e. The van der Waals surface area contributed by atoms with Gasteiger partial charge in [0.1, 0.15) is 0 Å². The van der Waals surface area contributed by atoms with E-state index in [9.17, 15) is 4.39 Å². The fourth-order valence-corrected chi connectivity index (χ4v) is 1.98. The molecule has 0 unspecified atom stereocenters. The van der Waals surface area contributed by atoms with Crippen molar-refractivity contribution in [1.82, 2.24) is 15.2 Å². The molecule has 2 N–H and O–H groups in total. The summed E-state index contributed by atoms with van der Waals surface area (Å²) < 4.78 is 12.7. The highest BCUT2D eigenvalue weighted by Crippen LogP contribution is 2.21. The van der Waals surface area contributed by atoms with Gasteiger partial charge in [0.15, 0.2) is 0 Å². The quantitative estimate of drug-likeness (QED) is 0.714. The largest absolute Gasteiger partial charge is 0.380 e. The number of nitrogens with zero attached hydrogens (tertiary/aromatic N) is 2. The third-order valence-corrected chi connectivity index (χ3v) is 2.99. The molecular formula is C15H13FN4. The van der Waals surface area contributed by atoms with Gasteiger partial charge in [-0.05, 0) is 17.7 Å². The van der Waals surface area contributed by atoms with Crippen molar-refractivity contribution in [3.8, 4) is 11.3 Å². The van der Waals surface area contributed by atoms with Gasteiger partial charge in [-0.2, -0.15) is 9.49 Å². The third kappa shape index (κ3) is 2.66. The summed E-state index contributed by atoms with van der Waals surface area (Å²) in [5, 5.41) is 10.3. The molecule has 3 rings (SSSR count). The van der Waals surface area contributed by atoms with Crippen LogP contribution in [0.15, 0.2) is 54.9 Å². The summed E-state index contributed by atoms with van der Waals surface area (Å²) >= 11 is 0. The van der Waals surface area contributed by atoms with Gasteiger partial charge in [-0.1, -0.05) is 30.3 Å². The van der Waals surface area contributed by atoms with Crippen LogP contribution in [0.5, 0.6) is 0 Å². The predicted molar refractivity (Wildman–Crippen MR) is 75.5 cm³/mol. The third-order valence-electron chi connectivity index (χ3n) is 2.99. The molecule has 0 saturated heterocycles. The van der Waals surface area contributed by atoms with Crippen molar-refractivity contribution in [3.05, 3.63) is 66.4 Å². The first kappa shape index (κ1) is 12.3. The minimum atomic E-state index is -0.483. The van der Waals surface area contributed by atoms with E-state index in [2.05, 4.69) is 20.5 Å². The summed E-state index contributed by atoms with van der Waals surface area (Å²) in [6, 6.07) is 13.0. The highest BCUT2D eigenvalue weighted by atomic mass is 19.1. The summed E-state index contributed by atoms with van der Waals surface area (Å²) in [6.45, 7) is 0.591. The van der Waals surface area contributed by atoms with Crippen LogP contribution >= 0.6 is 0 Å². The maximum atomic E-state index is 12.7. The van der Waals surface area contributed by atoms with Crippen LogP contribution in [-0.4, -0.2) is 15.2 Å². The van der Waals surface area contributed by atoms with Gasteiger partial charge >= 0.3 is 0 Å². The average Bonchev–Trinajstić information content (AvgIpc) is 2.96. The van der Waals surface area contributed by atoms with Gasteiger partial charge in [0.25, 0.3) is 0 Å². The van der Waals surface area contributed by atoms with Crippen LogP contribution in [-0.2, 0) is 6.54 Å².